The number of hydrogen-bond donors (Lipinski definition) is 1. The van der Waals surface area contributed by atoms with Gasteiger partial charge in [0.25, 0.3) is 5.91 Å². The molecule has 2 aromatic rings. The van der Waals surface area contributed by atoms with Gasteiger partial charge in [0.05, 0.1) is 6.61 Å². The fourth-order valence-corrected chi connectivity index (χ4v) is 4.63. The largest absolute Gasteiger partial charge is 0.392 e. The molecular weight excluding hydrogens is 332 g/mol. The second kappa shape index (κ2) is 7.10. The Bertz CT molecular complexity index is 812. The number of likely N-dealkylation sites (tertiary alicyclic amines) is 1. The molecule has 0 spiro atoms. The van der Waals surface area contributed by atoms with Crippen LogP contribution in [0.1, 0.15) is 48.2 Å². The topological polar surface area (TPSA) is 53.4 Å². The van der Waals surface area contributed by atoms with Crippen LogP contribution in [0, 0.1) is 5.92 Å². The lowest BCUT2D eigenvalue weighted by atomic mass is 9.85. The summed E-state index contributed by atoms with van der Waals surface area (Å²) >= 11 is 1.48. The predicted octanol–water partition coefficient (Wildman–Crippen LogP) is 4.22. The van der Waals surface area contributed by atoms with Gasteiger partial charge in [-0.05, 0) is 49.7 Å². The molecule has 1 aliphatic carbocycles. The van der Waals surface area contributed by atoms with E-state index in [-0.39, 0.29) is 12.5 Å². The van der Waals surface area contributed by atoms with E-state index in [4.69, 9.17) is 0 Å². The van der Waals surface area contributed by atoms with Crippen LogP contribution in [0.5, 0.6) is 0 Å². The molecule has 0 radical (unpaired) electrons. The summed E-state index contributed by atoms with van der Waals surface area (Å²) < 4.78 is 0. The molecule has 1 atom stereocenters. The van der Waals surface area contributed by atoms with E-state index in [2.05, 4.69) is 11.1 Å². The normalized spacial score (nSPS) is 20.1. The third-order valence-corrected chi connectivity index (χ3v) is 5.99. The molecule has 130 valence electrons. The predicted molar refractivity (Wildman–Crippen MR) is 99.2 cm³/mol. The maximum atomic E-state index is 13.0. The zero-order chi connectivity index (χ0) is 17.2. The number of fused-ring (bicyclic) bond motifs is 1. The molecule has 1 unspecified atom stereocenters. The van der Waals surface area contributed by atoms with E-state index in [1.54, 1.807) is 0 Å². The number of aliphatic hydroxyl groups is 1. The number of carbonyl (C=O) groups excluding carboxylic acids is 1. The van der Waals surface area contributed by atoms with Gasteiger partial charge in [0.1, 0.15) is 10.7 Å². The molecule has 5 heteroatoms. The lowest BCUT2D eigenvalue weighted by Gasteiger charge is -2.37. The second-order valence-electron chi connectivity index (χ2n) is 6.75. The Morgan fingerprint density at radius 1 is 1.32 bits per heavy atom. The summed E-state index contributed by atoms with van der Waals surface area (Å²) in [5.74, 6) is 0.574. The zero-order valence-corrected chi connectivity index (χ0v) is 15.0. The average Bonchev–Trinajstić information content (AvgIpc) is 3.17. The highest BCUT2D eigenvalue weighted by Gasteiger charge is 2.31. The maximum absolute atomic E-state index is 13.0. The Morgan fingerprint density at radius 3 is 3.08 bits per heavy atom. The van der Waals surface area contributed by atoms with E-state index in [0.29, 0.717) is 11.6 Å². The first-order valence-electron chi connectivity index (χ1n) is 8.94. The van der Waals surface area contributed by atoms with Crippen molar-refractivity contribution in [2.24, 2.45) is 5.92 Å². The van der Waals surface area contributed by atoms with E-state index < -0.39 is 0 Å². The number of allylic oxidation sites excluding steroid dienone is 2. The molecule has 1 aromatic carbocycles. The van der Waals surface area contributed by atoms with Gasteiger partial charge >= 0.3 is 0 Å². The summed E-state index contributed by atoms with van der Waals surface area (Å²) in [6, 6.07) is 7.68. The molecule has 1 N–H and O–H groups in total. The van der Waals surface area contributed by atoms with Gasteiger partial charge < -0.3 is 10.0 Å². The first-order valence-corrected chi connectivity index (χ1v) is 9.82. The van der Waals surface area contributed by atoms with Crippen molar-refractivity contribution in [2.75, 3.05) is 6.54 Å². The van der Waals surface area contributed by atoms with Crippen molar-refractivity contribution in [1.29, 1.82) is 0 Å². The van der Waals surface area contributed by atoms with Gasteiger partial charge in [0, 0.05) is 23.2 Å². The highest BCUT2D eigenvalue weighted by Crippen LogP contribution is 2.36. The van der Waals surface area contributed by atoms with E-state index in [0.717, 1.165) is 35.5 Å². The van der Waals surface area contributed by atoms with Crippen molar-refractivity contribution < 1.29 is 9.90 Å². The minimum atomic E-state index is 0.00826. The standard InChI is InChI=1S/C20H22N2O2S/c23-12-14-5-3-7-16(11-14)19-21-17(13-25-19)20(24)22-10-4-8-15-6-1-2-9-18(15)22/h3,5,7,9,11,13,15,23H,1-2,4,6,8,10,12H2. The molecule has 2 heterocycles. The molecule has 25 heavy (non-hydrogen) atoms. The smallest absolute Gasteiger partial charge is 0.277 e. The lowest BCUT2D eigenvalue weighted by molar-refractivity contribution is 0.0744. The monoisotopic (exact) mass is 354 g/mol. The molecule has 1 amide bonds. The SMILES string of the molecule is O=C(c1csc(-c2cccc(CO)c2)n1)N1CCCC2CCCC=C21. The van der Waals surface area contributed by atoms with Crippen molar-refractivity contribution in [1.82, 2.24) is 9.88 Å². The Morgan fingerprint density at radius 2 is 2.20 bits per heavy atom. The molecule has 1 aliphatic heterocycles. The van der Waals surface area contributed by atoms with Crippen molar-refractivity contribution in [2.45, 2.75) is 38.7 Å². The van der Waals surface area contributed by atoms with Gasteiger partial charge in [-0.15, -0.1) is 11.3 Å². The van der Waals surface area contributed by atoms with E-state index >= 15 is 0 Å². The molecule has 0 bridgehead atoms. The van der Waals surface area contributed by atoms with Crippen LogP contribution < -0.4 is 0 Å². The van der Waals surface area contributed by atoms with Crippen LogP contribution in [-0.2, 0) is 6.61 Å². The average molecular weight is 354 g/mol. The van der Waals surface area contributed by atoms with Crippen LogP contribution >= 0.6 is 11.3 Å². The number of carbonyl (C=O) groups is 1. The molecule has 1 aromatic heterocycles. The van der Waals surface area contributed by atoms with Gasteiger partial charge in [0.15, 0.2) is 0 Å². The minimum Gasteiger partial charge on any atom is -0.392 e. The first-order chi connectivity index (χ1) is 12.3. The number of thiazole rings is 1. The van der Waals surface area contributed by atoms with E-state index in [1.807, 2.05) is 34.5 Å². The van der Waals surface area contributed by atoms with Crippen LogP contribution in [0.4, 0.5) is 0 Å². The van der Waals surface area contributed by atoms with Crippen molar-refractivity contribution >= 4 is 17.2 Å². The van der Waals surface area contributed by atoms with E-state index in [1.165, 1.54) is 36.3 Å². The summed E-state index contributed by atoms with van der Waals surface area (Å²) in [6.45, 7) is 0.808. The fourth-order valence-electron chi connectivity index (χ4n) is 3.84. The Hall–Kier alpha value is -1.98. The summed E-state index contributed by atoms with van der Waals surface area (Å²) in [5.41, 5.74) is 3.55. The number of aliphatic hydroxyl groups excluding tert-OH is 1. The zero-order valence-electron chi connectivity index (χ0n) is 14.1. The Labute approximate surface area is 151 Å². The van der Waals surface area contributed by atoms with Crippen molar-refractivity contribution in [3.05, 3.63) is 52.7 Å². The molecule has 4 rings (SSSR count). The summed E-state index contributed by atoms with van der Waals surface area (Å²) in [4.78, 5) is 19.6. The van der Waals surface area contributed by atoms with Crippen LogP contribution in [-0.4, -0.2) is 27.4 Å². The first kappa shape index (κ1) is 16.5. The van der Waals surface area contributed by atoms with Gasteiger partial charge in [-0.2, -0.15) is 0 Å². The Balaban J connectivity index is 1.59. The number of amides is 1. The quantitative estimate of drug-likeness (QED) is 0.898. The summed E-state index contributed by atoms with van der Waals surface area (Å²) in [5, 5.41) is 12.0. The molecule has 2 aliphatic rings. The van der Waals surface area contributed by atoms with Gasteiger partial charge in [0.2, 0.25) is 0 Å². The molecular formula is C20H22N2O2S. The van der Waals surface area contributed by atoms with Gasteiger partial charge in [-0.25, -0.2) is 4.98 Å². The highest BCUT2D eigenvalue weighted by molar-refractivity contribution is 7.13. The van der Waals surface area contributed by atoms with Crippen LogP contribution in [0.15, 0.2) is 41.4 Å². The minimum absolute atomic E-state index is 0.00826. The number of rotatable bonds is 3. The summed E-state index contributed by atoms with van der Waals surface area (Å²) in [6.07, 6.45) is 8.04. The van der Waals surface area contributed by atoms with Crippen molar-refractivity contribution in [3.63, 3.8) is 0 Å². The molecule has 4 nitrogen and oxygen atoms in total. The van der Waals surface area contributed by atoms with Crippen LogP contribution in [0.2, 0.25) is 0 Å². The lowest BCUT2D eigenvalue weighted by Crippen LogP contribution is -2.39. The number of nitrogens with zero attached hydrogens (tertiary/aromatic N) is 2. The van der Waals surface area contributed by atoms with Crippen LogP contribution in [0.3, 0.4) is 0 Å². The third kappa shape index (κ3) is 3.26. The number of piperidine rings is 1. The van der Waals surface area contributed by atoms with Crippen LogP contribution in [0.25, 0.3) is 10.6 Å². The van der Waals surface area contributed by atoms with Crippen molar-refractivity contribution in [3.8, 4) is 10.6 Å². The second-order valence-corrected chi connectivity index (χ2v) is 7.61. The molecule has 1 saturated heterocycles. The highest BCUT2D eigenvalue weighted by atomic mass is 32.1. The number of aromatic nitrogens is 1. The summed E-state index contributed by atoms with van der Waals surface area (Å²) in [7, 11) is 0. The molecule has 1 fully saturated rings. The number of hydrogen-bond acceptors (Lipinski definition) is 4. The van der Waals surface area contributed by atoms with E-state index in [9.17, 15) is 9.90 Å². The van der Waals surface area contributed by atoms with Gasteiger partial charge in [-0.3, -0.25) is 4.79 Å². The Kier molecular flexibility index (Phi) is 4.68. The third-order valence-electron chi connectivity index (χ3n) is 5.10. The maximum Gasteiger partial charge on any atom is 0.277 e. The molecule has 0 saturated carbocycles. The van der Waals surface area contributed by atoms with Gasteiger partial charge in [-0.1, -0.05) is 24.3 Å². The fraction of sp³-hybridized carbons (Fsp3) is 0.400. The number of benzene rings is 1.